The van der Waals surface area contributed by atoms with Gasteiger partial charge >= 0.3 is 23.7 Å². The van der Waals surface area contributed by atoms with Crippen LogP contribution in [0.5, 0.6) is 0 Å². The third kappa shape index (κ3) is 8.92. The van der Waals surface area contributed by atoms with E-state index in [9.17, 15) is 19.2 Å². The Morgan fingerprint density at radius 1 is 0.679 bits per heavy atom. The molecule has 3 aliphatic rings. The standard InChI is InChI=1S/C11H11N3O2.C11H13NO2.C10H11NO2.C10H9NO2/c1-14-5-4-7-2-3-8(6-9(7)14)10-12-13-11(15)16-10;1-12-6-5-8-3-4-9(7-10(8)12)11(13)14-2;2*1-13-10(12)8-3-2-7-4-5-11-9(7)6-8/h2-3,6H,4-5H2,1H3,(H,13,15);3-4,7H,5-6H2,1-2H3;2-3,6,11H,4-5H2,1H3;2-6,11H,1H3. The molecule has 290 valence electrons. The Hall–Kier alpha value is -6.83. The first-order valence-electron chi connectivity index (χ1n) is 18.0. The average molecular weight is 761 g/mol. The van der Waals surface area contributed by atoms with Gasteiger partial charge in [-0.1, -0.05) is 24.3 Å². The molecule has 5 heterocycles. The van der Waals surface area contributed by atoms with Crippen LogP contribution in [-0.4, -0.2) is 88.1 Å². The van der Waals surface area contributed by atoms with Crippen LogP contribution >= 0.6 is 0 Å². The number of nitrogens with zero attached hydrogens (tertiary/aromatic N) is 3. The fourth-order valence-corrected chi connectivity index (χ4v) is 6.64. The van der Waals surface area contributed by atoms with Crippen LogP contribution in [0.15, 0.2) is 94.3 Å². The van der Waals surface area contributed by atoms with Crippen molar-refractivity contribution in [1.29, 1.82) is 0 Å². The van der Waals surface area contributed by atoms with Crippen LogP contribution in [0.2, 0.25) is 0 Å². The summed E-state index contributed by atoms with van der Waals surface area (Å²) in [6.07, 6.45) is 5.01. The van der Waals surface area contributed by atoms with E-state index in [1.54, 1.807) is 18.2 Å². The summed E-state index contributed by atoms with van der Waals surface area (Å²) in [4.78, 5) is 51.8. The van der Waals surface area contributed by atoms with E-state index in [4.69, 9.17) is 4.42 Å². The number of esters is 3. The van der Waals surface area contributed by atoms with E-state index in [1.807, 2.05) is 67.8 Å². The number of methoxy groups -OCH3 is 3. The third-order valence-corrected chi connectivity index (χ3v) is 9.75. The van der Waals surface area contributed by atoms with Crippen LogP contribution in [0.4, 0.5) is 17.1 Å². The first-order valence-corrected chi connectivity index (χ1v) is 18.0. The van der Waals surface area contributed by atoms with Crippen molar-refractivity contribution in [3.05, 3.63) is 129 Å². The molecule has 2 aromatic heterocycles. The highest BCUT2D eigenvalue weighted by Gasteiger charge is 2.19. The zero-order chi connectivity index (χ0) is 39.8. The van der Waals surface area contributed by atoms with Crippen molar-refractivity contribution < 1.29 is 33.0 Å². The van der Waals surface area contributed by atoms with Crippen molar-refractivity contribution in [3.63, 3.8) is 0 Å². The van der Waals surface area contributed by atoms with Crippen molar-refractivity contribution in [2.75, 3.05) is 70.2 Å². The number of fused-ring (bicyclic) bond motifs is 4. The van der Waals surface area contributed by atoms with E-state index in [-0.39, 0.29) is 17.9 Å². The lowest BCUT2D eigenvalue weighted by Crippen LogP contribution is -2.13. The van der Waals surface area contributed by atoms with Gasteiger partial charge in [0.25, 0.3) is 0 Å². The molecular weight excluding hydrogens is 716 g/mol. The lowest BCUT2D eigenvalue weighted by molar-refractivity contribution is 0.0592. The van der Waals surface area contributed by atoms with Crippen LogP contribution in [0, 0.1) is 0 Å². The molecule has 6 aromatic rings. The number of H-pyrrole nitrogens is 2. The fourth-order valence-electron chi connectivity index (χ4n) is 6.64. The number of rotatable bonds is 4. The quantitative estimate of drug-likeness (QED) is 0.144. The molecule has 0 saturated heterocycles. The summed E-state index contributed by atoms with van der Waals surface area (Å²) in [6, 6.07) is 24.7. The molecule has 0 radical (unpaired) electrons. The molecule has 3 aliphatic heterocycles. The number of hydrogen-bond acceptors (Lipinski definition) is 12. The van der Waals surface area contributed by atoms with Crippen LogP contribution in [0.3, 0.4) is 0 Å². The summed E-state index contributed by atoms with van der Waals surface area (Å²) in [5, 5.41) is 10.4. The van der Waals surface area contributed by atoms with Crippen LogP contribution in [0.25, 0.3) is 22.4 Å². The molecule has 0 saturated carbocycles. The molecule has 0 bridgehead atoms. The van der Waals surface area contributed by atoms with Crippen molar-refractivity contribution >= 4 is 45.9 Å². The molecule has 3 N–H and O–H groups in total. The van der Waals surface area contributed by atoms with Gasteiger partial charge in [0.1, 0.15) is 0 Å². The Kier molecular flexibility index (Phi) is 12.2. The van der Waals surface area contributed by atoms with Gasteiger partial charge in [-0.05, 0) is 95.9 Å². The maximum atomic E-state index is 11.3. The second kappa shape index (κ2) is 17.5. The Bertz CT molecular complexity index is 2410. The van der Waals surface area contributed by atoms with E-state index in [0.29, 0.717) is 22.6 Å². The highest BCUT2D eigenvalue weighted by Crippen LogP contribution is 2.31. The van der Waals surface area contributed by atoms with Gasteiger partial charge in [-0.25, -0.2) is 24.3 Å². The summed E-state index contributed by atoms with van der Waals surface area (Å²) < 4.78 is 18.8. The van der Waals surface area contributed by atoms with Gasteiger partial charge < -0.3 is 38.7 Å². The molecular formula is C42H44N6O8. The van der Waals surface area contributed by atoms with Gasteiger partial charge in [0.15, 0.2) is 0 Å². The zero-order valence-corrected chi connectivity index (χ0v) is 31.9. The predicted octanol–water partition coefficient (Wildman–Crippen LogP) is 5.88. The van der Waals surface area contributed by atoms with Crippen molar-refractivity contribution in [2.45, 2.75) is 19.3 Å². The highest BCUT2D eigenvalue weighted by molar-refractivity contribution is 5.94. The first-order chi connectivity index (χ1) is 27.1. The number of aromatic amines is 2. The Morgan fingerprint density at radius 3 is 1.88 bits per heavy atom. The van der Waals surface area contributed by atoms with Crippen LogP contribution < -0.4 is 20.9 Å². The zero-order valence-electron chi connectivity index (χ0n) is 31.9. The molecule has 0 amide bonds. The maximum absolute atomic E-state index is 11.3. The Morgan fingerprint density at radius 2 is 1.25 bits per heavy atom. The number of likely N-dealkylation sites (N-methyl/N-ethyl adjacent to an activating group) is 2. The number of ether oxygens (including phenoxy) is 3. The summed E-state index contributed by atoms with van der Waals surface area (Å²) in [5.41, 5.74) is 10.9. The molecule has 0 aliphatic carbocycles. The maximum Gasteiger partial charge on any atom is 0.434 e. The molecule has 0 unspecified atom stereocenters. The largest absolute Gasteiger partial charge is 0.465 e. The van der Waals surface area contributed by atoms with E-state index in [1.165, 1.54) is 43.7 Å². The molecule has 0 fully saturated rings. The first kappa shape index (κ1) is 38.9. The van der Waals surface area contributed by atoms with Gasteiger partial charge in [0.05, 0.1) is 38.0 Å². The number of benzene rings is 4. The fraction of sp³-hybridized carbons (Fsp3) is 0.262. The third-order valence-electron chi connectivity index (χ3n) is 9.75. The molecule has 14 nitrogen and oxygen atoms in total. The second-order valence-electron chi connectivity index (χ2n) is 13.3. The lowest BCUT2D eigenvalue weighted by Gasteiger charge is -2.12. The molecule has 56 heavy (non-hydrogen) atoms. The van der Waals surface area contributed by atoms with Crippen molar-refractivity contribution in [1.82, 2.24) is 15.2 Å². The molecule has 9 rings (SSSR count). The van der Waals surface area contributed by atoms with E-state index < -0.39 is 5.76 Å². The number of hydrogen-bond donors (Lipinski definition) is 3. The summed E-state index contributed by atoms with van der Waals surface area (Å²) >= 11 is 0. The Balaban J connectivity index is 0.000000127. The predicted molar refractivity (Wildman–Crippen MR) is 214 cm³/mol. The minimum atomic E-state index is -0.524. The summed E-state index contributed by atoms with van der Waals surface area (Å²) in [5.74, 6) is -1.04. The van der Waals surface area contributed by atoms with Crippen molar-refractivity contribution in [2.24, 2.45) is 0 Å². The average Bonchev–Trinajstić information content (AvgIpc) is 4.09. The van der Waals surface area contributed by atoms with Crippen LogP contribution in [-0.2, 0) is 33.5 Å². The number of aromatic nitrogens is 3. The normalized spacial score (nSPS) is 13.0. The summed E-state index contributed by atoms with van der Waals surface area (Å²) in [7, 11) is 8.26. The van der Waals surface area contributed by atoms with Gasteiger partial charge in [0.2, 0.25) is 5.89 Å². The smallest absolute Gasteiger partial charge is 0.434 e. The lowest BCUT2D eigenvalue weighted by atomic mass is 10.1. The SMILES string of the molecule is CN1CCc2ccc(-c3n[nH]c(=O)o3)cc21.COC(=O)c1ccc2c(c1)N(C)CC2.COC(=O)c1ccc2c(c1)NCC2.COC(=O)c1ccc2cc[nH]c2c1. The van der Waals surface area contributed by atoms with E-state index in [2.05, 4.69) is 57.6 Å². The van der Waals surface area contributed by atoms with Crippen molar-refractivity contribution in [3.8, 4) is 11.5 Å². The van der Waals surface area contributed by atoms with E-state index >= 15 is 0 Å². The van der Waals surface area contributed by atoms with Gasteiger partial charge in [-0.2, -0.15) is 0 Å². The monoisotopic (exact) mass is 760 g/mol. The van der Waals surface area contributed by atoms with Crippen LogP contribution in [0.1, 0.15) is 47.8 Å². The summed E-state index contributed by atoms with van der Waals surface area (Å²) in [6.45, 7) is 3.02. The number of carbonyl (C=O) groups excluding carboxylic acids is 3. The molecule has 14 heteroatoms. The second-order valence-corrected chi connectivity index (χ2v) is 13.3. The molecule has 0 atom stereocenters. The van der Waals surface area contributed by atoms with Gasteiger partial charge in [0, 0.05) is 68.1 Å². The molecule has 4 aromatic carbocycles. The Labute approximate surface area is 323 Å². The minimum Gasteiger partial charge on any atom is -0.465 e. The highest BCUT2D eigenvalue weighted by atomic mass is 16.5. The van der Waals surface area contributed by atoms with Gasteiger partial charge in [-0.3, -0.25) is 0 Å². The number of carbonyl (C=O) groups is 3. The van der Waals surface area contributed by atoms with Gasteiger partial charge in [-0.15, -0.1) is 5.10 Å². The topological polar surface area (TPSA) is 172 Å². The molecule has 0 spiro atoms. The van der Waals surface area contributed by atoms with E-state index in [0.717, 1.165) is 66.7 Å². The number of anilines is 3. The minimum absolute atomic E-state index is 0.270. The number of nitrogens with one attached hydrogen (secondary N) is 3.